The van der Waals surface area contributed by atoms with E-state index in [0.29, 0.717) is 22.4 Å². The van der Waals surface area contributed by atoms with Gasteiger partial charge in [0.05, 0.1) is 13.3 Å². The summed E-state index contributed by atoms with van der Waals surface area (Å²) in [5.41, 5.74) is 5.79. The van der Waals surface area contributed by atoms with Crippen LogP contribution >= 0.6 is 0 Å². The first kappa shape index (κ1) is 21.5. The normalized spacial score (nSPS) is 18.7. The molecule has 0 aliphatic carbocycles. The Labute approximate surface area is 172 Å². The van der Waals surface area contributed by atoms with E-state index in [2.05, 4.69) is 9.73 Å². The van der Waals surface area contributed by atoms with Crippen LogP contribution in [-0.4, -0.2) is 43.7 Å². The molecule has 2 aromatic rings. The van der Waals surface area contributed by atoms with Gasteiger partial charge in [-0.2, -0.15) is 8.78 Å². The molecule has 2 aromatic carbocycles. The second-order valence-electron chi connectivity index (χ2n) is 6.82. The lowest BCUT2D eigenvalue weighted by molar-refractivity contribution is -0.129. The van der Waals surface area contributed by atoms with Crippen LogP contribution in [-0.2, 0) is 10.3 Å². The molecule has 0 saturated heterocycles. The molecule has 160 valence electrons. The van der Waals surface area contributed by atoms with Gasteiger partial charge in [-0.25, -0.2) is 4.99 Å². The highest BCUT2D eigenvalue weighted by atomic mass is 19.3. The minimum absolute atomic E-state index is 0.00274. The predicted molar refractivity (Wildman–Crippen MR) is 106 cm³/mol. The van der Waals surface area contributed by atoms with Crippen molar-refractivity contribution in [1.82, 2.24) is 4.90 Å². The van der Waals surface area contributed by atoms with E-state index >= 15 is 0 Å². The molecular weight excluding hydrogens is 399 g/mol. The summed E-state index contributed by atoms with van der Waals surface area (Å²) >= 11 is 0. The molecule has 1 heterocycles. The van der Waals surface area contributed by atoms with E-state index in [1.807, 2.05) is 0 Å². The van der Waals surface area contributed by atoms with E-state index in [0.717, 1.165) is 0 Å². The van der Waals surface area contributed by atoms with Gasteiger partial charge in [-0.3, -0.25) is 14.1 Å². The molecule has 0 spiro atoms. The van der Waals surface area contributed by atoms with E-state index in [4.69, 9.17) is 10.5 Å². The van der Waals surface area contributed by atoms with Crippen LogP contribution in [0.25, 0.3) is 0 Å². The summed E-state index contributed by atoms with van der Waals surface area (Å²) in [6.07, 6.45) is 0.243. The number of carbonyl (C=O) groups excluding carboxylic acids is 1. The zero-order valence-corrected chi connectivity index (χ0v) is 16.6. The van der Waals surface area contributed by atoms with Gasteiger partial charge < -0.3 is 15.2 Å². The number of nitrogens with zero attached hydrogens (tertiary/aromatic N) is 2. The molecule has 9 heteroatoms. The summed E-state index contributed by atoms with van der Waals surface area (Å²) < 4.78 is 47.7. The molecule has 1 aliphatic heterocycles. The average Bonchev–Trinajstić information content (AvgIpc) is 2.94. The lowest BCUT2D eigenvalue weighted by Gasteiger charge is -2.27. The summed E-state index contributed by atoms with van der Waals surface area (Å²) in [5, 5.41) is 0. The highest BCUT2D eigenvalue weighted by Crippen LogP contribution is 2.41. The van der Waals surface area contributed by atoms with Crippen molar-refractivity contribution in [3.05, 3.63) is 59.2 Å². The Kier molecular flexibility index (Phi) is 6.19. The first-order valence-corrected chi connectivity index (χ1v) is 9.28. The second kappa shape index (κ2) is 8.64. The molecule has 1 atom stereocenters. The van der Waals surface area contributed by atoms with Crippen LogP contribution in [0.2, 0.25) is 0 Å². The van der Waals surface area contributed by atoms with Crippen LogP contribution in [0.15, 0.2) is 47.5 Å². The molecule has 2 N–H and O–H groups in total. The third-order valence-corrected chi connectivity index (χ3v) is 4.85. The fourth-order valence-corrected chi connectivity index (χ4v) is 3.34. The van der Waals surface area contributed by atoms with Gasteiger partial charge in [0.2, 0.25) is 0 Å². The van der Waals surface area contributed by atoms with Crippen LogP contribution in [0.3, 0.4) is 0 Å². The zero-order valence-electron chi connectivity index (χ0n) is 16.6. The van der Waals surface area contributed by atoms with Crippen molar-refractivity contribution >= 4 is 11.9 Å². The monoisotopic (exact) mass is 421 g/mol. The Morgan fingerprint density at radius 1 is 1.20 bits per heavy atom. The minimum Gasteiger partial charge on any atom is -0.493 e. The van der Waals surface area contributed by atoms with Crippen molar-refractivity contribution in [2.75, 3.05) is 20.3 Å². The van der Waals surface area contributed by atoms with Crippen molar-refractivity contribution in [3.8, 4) is 11.5 Å². The number of carbonyl (C=O) groups is 1. The van der Waals surface area contributed by atoms with Crippen LogP contribution in [0, 0.1) is 6.92 Å². The first-order valence-electron chi connectivity index (χ1n) is 9.28. The fourth-order valence-electron chi connectivity index (χ4n) is 3.34. The Morgan fingerprint density at radius 3 is 2.53 bits per heavy atom. The largest absolute Gasteiger partial charge is 0.493 e. The third kappa shape index (κ3) is 3.92. The molecule has 1 aliphatic rings. The molecule has 0 aromatic heterocycles. The smallest absolute Gasteiger partial charge is 0.387 e. The minimum atomic E-state index is -2.96. The van der Waals surface area contributed by atoms with Crippen LogP contribution < -0.4 is 15.2 Å². The van der Waals surface area contributed by atoms with Crippen LogP contribution in [0.1, 0.15) is 23.1 Å². The molecule has 1 amide bonds. The summed E-state index contributed by atoms with van der Waals surface area (Å²) in [6, 6.07) is 11.2. The molecule has 0 bridgehead atoms. The number of alkyl halides is 3. The summed E-state index contributed by atoms with van der Waals surface area (Å²) in [7, 11) is 1.51. The van der Waals surface area contributed by atoms with Gasteiger partial charge in [0.1, 0.15) is 11.5 Å². The number of hydrogen-bond acceptors (Lipinski definition) is 5. The summed E-state index contributed by atoms with van der Waals surface area (Å²) in [5.74, 6) is 0.0749. The number of aryl methyl sites for hydroxylation is 1. The van der Waals surface area contributed by atoms with E-state index in [9.17, 15) is 18.0 Å². The first-order chi connectivity index (χ1) is 14.3. The van der Waals surface area contributed by atoms with E-state index in [1.165, 1.54) is 24.1 Å². The molecule has 6 nitrogen and oxygen atoms in total. The van der Waals surface area contributed by atoms with Gasteiger partial charge >= 0.3 is 6.61 Å². The van der Waals surface area contributed by atoms with Crippen molar-refractivity contribution in [3.63, 3.8) is 0 Å². The Hall–Kier alpha value is -3.23. The van der Waals surface area contributed by atoms with Crippen molar-refractivity contribution in [2.24, 2.45) is 10.7 Å². The van der Waals surface area contributed by atoms with Crippen LogP contribution in [0.4, 0.5) is 13.2 Å². The van der Waals surface area contributed by atoms with Gasteiger partial charge in [-0.15, -0.1) is 0 Å². The molecule has 0 saturated carbocycles. The Bertz CT molecular complexity index is 968. The topological polar surface area (TPSA) is 77.2 Å². The number of rotatable bonds is 8. The average molecular weight is 421 g/mol. The highest BCUT2D eigenvalue weighted by molar-refractivity contribution is 6.09. The number of nitrogens with two attached hydrogens (primary N) is 1. The molecule has 0 fully saturated rings. The van der Waals surface area contributed by atoms with Gasteiger partial charge in [-0.05, 0) is 47.9 Å². The summed E-state index contributed by atoms with van der Waals surface area (Å²) in [6.45, 7) is -1.68. The number of likely N-dealkylation sites (N-methyl/N-ethyl adjacent to an activating group) is 1. The molecule has 1 unspecified atom stereocenters. The van der Waals surface area contributed by atoms with Crippen molar-refractivity contribution in [2.45, 2.75) is 25.5 Å². The number of halogens is 3. The van der Waals surface area contributed by atoms with Crippen molar-refractivity contribution in [1.29, 1.82) is 0 Å². The molecule has 30 heavy (non-hydrogen) atoms. The van der Waals surface area contributed by atoms with Gasteiger partial charge in [0.25, 0.3) is 5.91 Å². The predicted octanol–water partition coefficient (Wildman–Crippen LogP) is 3.37. The maximum atomic E-state index is 13.3. The lowest BCUT2D eigenvalue weighted by Crippen LogP contribution is -2.41. The third-order valence-electron chi connectivity index (χ3n) is 4.85. The number of ether oxygens (including phenoxy) is 2. The Morgan fingerprint density at radius 2 is 1.93 bits per heavy atom. The molecule has 3 rings (SSSR count). The second-order valence-corrected chi connectivity index (χ2v) is 6.82. The maximum absolute atomic E-state index is 13.3. The summed E-state index contributed by atoms with van der Waals surface area (Å²) in [4.78, 5) is 19.0. The van der Waals surface area contributed by atoms with E-state index in [1.54, 1.807) is 37.3 Å². The number of benzene rings is 2. The van der Waals surface area contributed by atoms with Crippen molar-refractivity contribution < 1.29 is 27.4 Å². The quantitative estimate of drug-likeness (QED) is 0.663. The van der Waals surface area contributed by atoms with Gasteiger partial charge in [0.15, 0.2) is 11.5 Å². The van der Waals surface area contributed by atoms with E-state index in [-0.39, 0.29) is 24.7 Å². The van der Waals surface area contributed by atoms with Gasteiger partial charge in [-0.1, -0.05) is 18.2 Å². The lowest BCUT2D eigenvalue weighted by atomic mass is 9.82. The maximum Gasteiger partial charge on any atom is 0.387 e. The molecular formula is C21H22F3N3O3. The van der Waals surface area contributed by atoms with E-state index < -0.39 is 24.7 Å². The standard InChI is InChI=1S/C21H22F3N3O3/c1-13-11-15(7-8-17(13)30-19(23)24)21(18(28)27(2)20(25)26-21)14-5-3-6-16(12-14)29-10-4-9-22/h3,5-8,11-12,19H,4,9-10H2,1-2H3,(H2,25,26). The number of hydrogen-bond donors (Lipinski definition) is 1. The number of guanidine groups is 1. The highest BCUT2D eigenvalue weighted by Gasteiger charge is 2.49. The van der Waals surface area contributed by atoms with Gasteiger partial charge in [0, 0.05) is 13.5 Å². The SMILES string of the molecule is Cc1cc(C2(c3cccc(OCCCF)c3)N=C(N)N(C)C2=O)ccc1OC(F)F. The van der Waals surface area contributed by atoms with Crippen LogP contribution in [0.5, 0.6) is 11.5 Å². The fraction of sp³-hybridized carbons (Fsp3) is 0.333. The number of aliphatic imine (C=N–C) groups is 1. The Balaban J connectivity index is 2.10. The number of amides is 1. The zero-order chi connectivity index (χ0) is 21.9. The molecule has 0 radical (unpaired) electrons.